The van der Waals surface area contributed by atoms with Crippen molar-refractivity contribution in [3.8, 4) is 11.3 Å². The zero-order valence-corrected chi connectivity index (χ0v) is 12.6. The van der Waals surface area contributed by atoms with Crippen molar-refractivity contribution in [2.75, 3.05) is 31.1 Å². The Morgan fingerprint density at radius 3 is 2.78 bits per heavy atom. The summed E-state index contributed by atoms with van der Waals surface area (Å²) in [6.45, 7) is 3.82. The normalized spacial score (nSPS) is 15.0. The quantitative estimate of drug-likeness (QED) is 0.770. The molecule has 0 amide bonds. The second-order valence-electron chi connectivity index (χ2n) is 5.57. The molecule has 1 N–H and O–H groups in total. The predicted octanol–water partition coefficient (Wildman–Crippen LogP) is 1.17. The highest BCUT2D eigenvalue weighted by molar-refractivity contribution is 5.61. The summed E-state index contributed by atoms with van der Waals surface area (Å²) < 4.78 is 1.61. The van der Waals surface area contributed by atoms with Crippen LogP contribution in [0.3, 0.4) is 0 Å². The first-order valence-electron chi connectivity index (χ1n) is 7.71. The van der Waals surface area contributed by atoms with E-state index in [0.717, 1.165) is 37.4 Å². The lowest BCUT2D eigenvalue weighted by molar-refractivity contribution is 0.588. The Morgan fingerprint density at radius 2 is 2.00 bits per heavy atom. The molecule has 0 saturated carbocycles. The Bertz CT molecular complexity index is 884. The van der Waals surface area contributed by atoms with Crippen molar-refractivity contribution in [1.82, 2.24) is 19.7 Å². The molecule has 6 heteroatoms. The van der Waals surface area contributed by atoms with Crippen molar-refractivity contribution in [3.05, 3.63) is 59.3 Å². The molecule has 0 aromatic carbocycles. The Balaban J connectivity index is 1.78. The summed E-state index contributed by atoms with van der Waals surface area (Å²) in [5.74, 6) is 0. The highest BCUT2D eigenvalue weighted by Crippen LogP contribution is 2.18. The van der Waals surface area contributed by atoms with Gasteiger partial charge in [0.05, 0.1) is 11.4 Å². The molecule has 116 valence electrons. The van der Waals surface area contributed by atoms with E-state index in [1.54, 1.807) is 22.9 Å². The van der Waals surface area contributed by atoms with Gasteiger partial charge < -0.3 is 10.2 Å². The number of nitrogens with zero attached hydrogens (tertiary/aromatic N) is 4. The Morgan fingerprint density at radius 1 is 1.13 bits per heavy atom. The van der Waals surface area contributed by atoms with Crippen LogP contribution in [0.1, 0.15) is 0 Å². The van der Waals surface area contributed by atoms with Gasteiger partial charge in [0, 0.05) is 56.4 Å². The first kappa shape index (κ1) is 13.9. The first-order valence-corrected chi connectivity index (χ1v) is 7.71. The fourth-order valence-corrected chi connectivity index (χ4v) is 2.86. The van der Waals surface area contributed by atoms with Crippen LogP contribution in [0.4, 0.5) is 5.69 Å². The van der Waals surface area contributed by atoms with E-state index in [4.69, 9.17) is 0 Å². The molecule has 0 aliphatic carbocycles. The summed E-state index contributed by atoms with van der Waals surface area (Å²) in [5, 5.41) is 3.33. The highest BCUT2D eigenvalue weighted by Gasteiger charge is 2.12. The fraction of sp³-hybridized carbons (Fsp3) is 0.235. The molecule has 6 nitrogen and oxygen atoms in total. The Hall–Kier alpha value is -2.73. The van der Waals surface area contributed by atoms with Gasteiger partial charge in [-0.3, -0.25) is 14.2 Å². The molecule has 0 bridgehead atoms. The van der Waals surface area contributed by atoms with Gasteiger partial charge in [-0.1, -0.05) is 0 Å². The van der Waals surface area contributed by atoms with Gasteiger partial charge in [-0.05, 0) is 24.3 Å². The number of piperazine rings is 1. The first-order chi connectivity index (χ1) is 11.3. The van der Waals surface area contributed by atoms with Crippen LogP contribution in [0.15, 0.2) is 53.7 Å². The summed E-state index contributed by atoms with van der Waals surface area (Å²) in [4.78, 5) is 23.4. The second-order valence-corrected chi connectivity index (χ2v) is 5.57. The minimum atomic E-state index is -0.0779. The third-order valence-corrected chi connectivity index (χ3v) is 4.08. The average Bonchev–Trinajstić information content (AvgIpc) is 2.63. The summed E-state index contributed by atoms with van der Waals surface area (Å²) in [5.41, 5.74) is 3.12. The van der Waals surface area contributed by atoms with Gasteiger partial charge >= 0.3 is 0 Å². The number of fused-ring (bicyclic) bond motifs is 1. The van der Waals surface area contributed by atoms with Crippen LogP contribution >= 0.6 is 0 Å². The molecule has 0 unspecified atom stereocenters. The van der Waals surface area contributed by atoms with Crippen molar-refractivity contribution in [3.63, 3.8) is 0 Å². The standard InChI is InChI=1S/C17H17N5O/c23-17-10-15(13-2-1-5-19-11-13)20-16-4-3-14(12-22(16)17)21-8-6-18-7-9-21/h1-5,10-12,18H,6-9H2. The lowest BCUT2D eigenvalue weighted by Crippen LogP contribution is -2.43. The van der Waals surface area contributed by atoms with Gasteiger partial charge in [0.25, 0.3) is 5.56 Å². The summed E-state index contributed by atoms with van der Waals surface area (Å²) in [6, 6.07) is 9.23. The molecule has 4 heterocycles. The molecular formula is C17H17N5O. The van der Waals surface area contributed by atoms with Crippen LogP contribution < -0.4 is 15.8 Å². The molecule has 1 aliphatic heterocycles. The Labute approximate surface area is 133 Å². The van der Waals surface area contributed by atoms with Crippen LogP contribution in [0.5, 0.6) is 0 Å². The van der Waals surface area contributed by atoms with Crippen LogP contribution in [0, 0.1) is 0 Å². The third-order valence-electron chi connectivity index (χ3n) is 4.08. The van der Waals surface area contributed by atoms with E-state index >= 15 is 0 Å². The zero-order chi connectivity index (χ0) is 15.6. The van der Waals surface area contributed by atoms with Crippen molar-refractivity contribution < 1.29 is 0 Å². The maximum atomic E-state index is 12.5. The van der Waals surface area contributed by atoms with E-state index in [-0.39, 0.29) is 5.56 Å². The molecule has 3 aromatic heterocycles. The van der Waals surface area contributed by atoms with Crippen LogP contribution in [-0.2, 0) is 0 Å². The lowest BCUT2D eigenvalue weighted by atomic mass is 10.2. The highest BCUT2D eigenvalue weighted by atomic mass is 16.1. The van der Waals surface area contributed by atoms with E-state index in [1.165, 1.54) is 0 Å². The van der Waals surface area contributed by atoms with Crippen LogP contribution in [-0.4, -0.2) is 40.5 Å². The number of aromatic nitrogens is 3. The van der Waals surface area contributed by atoms with Crippen molar-refractivity contribution in [1.29, 1.82) is 0 Å². The fourth-order valence-electron chi connectivity index (χ4n) is 2.86. The van der Waals surface area contributed by atoms with Gasteiger partial charge in [-0.25, -0.2) is 4.98 Å². The monoisotopic (exact) mass is 307 g/mol. The van der Waals surface area contributed by atoms with E-state index in [2.05, 4.69) is 20.2 Å². The maximum Gasteiger partial charge on any atom is 0.258 e. The molecular weight excluding hydrogens is 290 g/mol. The molecule has 23 heavy (non-hydrogen) atoms. The topological polar surface area (TPSA) is 62.5 Å². The van der Waals surface area contributed by atoms with E-state index < -0.39 is 0 Å². The number of pyridine rings is 2. The average molecular weight is 307 g/mol. The summed E-state index contributed by atoms with van der Waals surface area (Å²) >= 11 is 0. The Kier molecular flexibility index (Phi) is 3.51. The summed E-state index contributed by atoms with van der Waals surface area (Å²) in [6.07, 6.45) is 5.30. The SMILES string of the molecule is O=c1cc(-c2cccnc2)nc2ccc(N3CCNCC3)cn12. The predicted molar refractivity (Wildman–Crippen MR) is 89.8 cm³/mol. The van der Waals surface area contributed by atoms with Crippen molar-refractivity contribution in [2.45, 2.75) is 0 Å². The number of anilines is 1. The third kappa shape index (κ3) is 2.68. The zero-order valence-electron chi connectivity index (χ0n) is 12.6. The number of hydrogen-bond acceptors (Lipinski definition) is 5. The molecule has 0 radical (unpaired) electrons. The lowest BCUT2D eigenvalue weighted by Gasteiger charge is -2.29. The van der Waals surface area contributed by atoms with Crippen LogP contribution in [0.25, 0.3) is 16.9 Å². The molecule has 0 spiro atoms. The second kappa shape index (κ2) is 5.81. The minimum absolute atomic E-state index is 0.0779. The molecule has 3 aromatic rings. The van der Waals surface area contributed by atoms with Crippen molar-refractivity contribution in [2.24, 2.45) is 0 Å². The van der Waals surface area contributed by atoms with E-state index in [9.17, 15) is 4.79 Å². The van der Waals surface area contributed by atoms with Crippen LogP contribution in [0.2, 0.25) is 0 Å². The molecule has 1 saturated heterocycles. The molecule has 0 atom stereocenters. The van der Waals surface area contributed by atoms with Gasteiger partial charge in [0.2, 0.25) is 0 Å². The van der Waals surface area contributed by atoms with Crippen molar-refractivity contribution >= 4 is 11.3 Å². The maximum absolute atomic E-state index is 12.5. The van der Waals surface area contributed by atoms with Gasteiger partial charge in [-0.15, -0.1) is 0 Å². The van der Waals surface area contributed by atoms with E-state index in [1.807, 2.05) is 30.5 Å². The van der Waals surface area contributed by atoms with Gasteiger partial charge in [0.15, 0.2) is 0 Å². The number of nitrogens with one attached hydrogen (secondary N) is 1. The molecule has 1 fully saturated rings. The van der Waals surface area contributed by atoms with Gasteiger partial charge in [0.1, 0.15) is 5.65 Å². The number of hydrogen-bond donors (Lipinski definition) is 1. The molecule has 4 rings (SSSR count). The van der Waals surface area contributed by atoms with Gasteiger partial charge in [-0.2, -0.15) is 0 Å². The minimum Gasteiger partial charge on any atom is -0.368 e. The number of rotatable bonds is 2. The largest absolute Gasteiger partial charge is 0.368 e. The van der Waals surface area contributed by atoms with E-state index in [0.29, 0.717) is 11.3 Å². The molecule has 1 aliphatic rings. The summed E-state index contributed by atoms with van der Waals surface area (Å²) in [7, 11) is 0. The smallest absolute Gasteiger partial charge is 0.258 e.